The Balaban J connectivity index is 1.05. The number of aromatic amines is 1. The first kappa shape index (κ1) is 36.3. The third-order valence-corrected chi connectivity index (χ3v) is 10.2. The molecule has 4 heterocycles. The Bertz CT molecular complexity index is 2090. The van der Waals surface area contributed by atoms with Gasteiger partial charge in [0.1, 0.15) is 17.4 Å². The Labute approximate surface area is 313 Å². The number of aromatic nitrogens is 3. The summed E-state index contributed by atoms with van der Waals surface area (Å²) in [5.41, 5.74) is 5.83. The molecule has 3 amide bonds. The minimum absolute atomic E-state index is 0.0508. The molecular weight excluding hydrogens is 686 g/mol. The van der Waals surface area contributed by atoms with Crippen molar-refractivity contribution in [2.24, 2.45) is 4.99 Å². The molecule has 0 unspecified atom stereocenters. The molecule has 2 saturated heterocycles. The first-order valence-electron chi connectivity index (χ1n) is 18.1. The number of aliphatic imine (C=N–C) groups is 1. The van der Waals surface area contributed by atoms with Gasteiger partial charge in [0.2, 0.25) is 6.40 Å². The minimum atomic E-state index is -0.893. The molecule has 0 bridgehead atoms. The molecule has 0 saturated carbocycles. The van der Waals surface area contributed by atoms with Crippen molar-refractivity contribution in [2.45, 2.75) is 56.3 Å². The Hall–Kier alpha value is -6.08. The highest BCUT2D eigenvalue weighted by molar-refractivity contribution is 5.88. The summed E-state index contributed by atoms with van der Waals surface area (Å²) < 4.78 is 4.83. The zero-order chi connectivity index (χ0) is 37.4. The average molecular weight is 730 g/mol. The first-order valence-corrected chi connectivity index (χ1v) is 18.1. The van der Waals surface area contributed by atoms with Crippen molar-refractivity contribution in [1.29, 1.82) is 0 Å². The third-order valence-electron chi connectivity index (χ3n) is 10.2. The zero-order valence-electron chi connectivity index (χ0n) is 30.3. The predicted molar refractivity (Wildman–Crippen MR) is 202 cm³/mol. The van der Waals surface area contributed by atoms with E-state index in [0.717, 1.165) is 54.4 Å². The SMILES string of the molecule is COO/C=N\[C@@H](C(=O)N1CCC[C@H]1Cc1ccc(-c2cnc3[nH]c([C@@H]4CCCN4C(=O)[C@H](NC(=O)OC)c4ccccc4)nc3c2)cc1)c1ccccc1. The quantitative estimate of drug-likeness (QED) is 0.0661. The Morgan fingerprint density at radius 2 is 1.59 bits per heavy atom. The van der Waals surface area contributed by atoms with Gasteiger partial charge in [-0.2, -0.15) is 4.89 Å². The highest BCUT2D eigenvalue weighted by Gasteiger charge is 2.37. The molecule has 2 N–H and O–H groups in total. The molecule has 2 fully saturated rings. The maximum absolute atomic E-state index is 13.9. The highest BCUT2D eigenvalue weighted by atomic mass is 17.2. The molecule has 5 aromatic rings. The number of benzene rings is 3. The second kappa shape index (κ2) is 16.7. The van der Waals surface area contributed by atoms with Crippen LogP contribution < -0.4 is 5.32 Å². The van der Waals surface area contributed by atoms with E-state index in [1.165, 1.54) is 20.6 Å². The number of H-pyrrole nitrogens is 1. The number of fused-ring (bicyclic) bond motifs is 1. The van der Waals surface area contributed by atoms with Crippen LogP contribution in [0.4, 0.5) is 4.79 Å². The van der Waals surface area contributed by atoms with Crippen LogP contribution in [0.2, 0.25) is 0 Å². The second-order valence-corrected chi connectivity index (χ2v) is 13.4. The summed E-state index contributed by atoms with van der Waals surface area (Å²) in [5.74, 6) is 0.366. The van der Waals surface area contributed by atoms with Gasteiger partial charge in [0, 0.05) is 30.9 Å². The van der Waals surface area contributed by atoms with Crippen LogP contribution in [-0.4, -0.2) is 82.4 Å². The maximum atomic E-state index is 13.9. The second-order valence-electron chi connectivity index (χ2n) is 13.4. The van der Waals surface area contributed by atoms with Gasteiger partial charge in [-0.1, -0.05) is 84.9 Å². The molecule has 0 spiro atoms. The third kappa shape index (κ3) is 7.96. The molecule has 2 aliphatic rings. The average Bonchev–Trinajstić information content (AvgIpc) is 3.99. The van der Waals surface area contributed by atoms with Crippen molar-refractivity contribution in [3.63, 3.8) is 0 Å². The molecular formula is C41H43N7O6. The van der Waals surface area contributed by atoms with E-state index in [9.17, 15) is 14.4 Å². The van der Waals surface area contributed by atoms with Crippen molar-refractivity contribution in [3.05, 3.63) is 120 Å². The molecule has 2 aliphatic heterocycles. The van der Waals surface area contributed by atoms with E-state index in [4.69, 9.17) is 14.6 Å². The fourth-order valence-electron chi connectivity index (χ4n) is 7.48. The molecule has 2 aromatic heterocycles. The smallest absolute Gasteiger partial charge is 0.407 e. The molecule has 13 nitrogen and oxygen atoms in total. The number of hydrogen-bond acceptors (Lipinski definition) is 9. The molecule has 0 aliphatic carbocycles. The lowest BCUT2D eigenvalue weighted by Crippen LogP contribution is -2.42. The lowest BCUT2D eigenvalue weighted by molar-refractivity contribution is -0.188. The van der Waals surface area contributed by atoms with E-state index >= 15 is 0 Å². The molecule has 7 rings (SSSR count). The molecule has 3 aromatic carbocycles. The monoisotopic (exact) mass is 729 g/mol. The van der Waals surface area contributed by atoms with Crippen molar-refractivity contribution in [3.8, 4) is 11.1 Å². The van der Waals surface area contributed by atoms with Crippen LogP contribution in [0.25, 0.3) is 22.3 Å². The summed E-state index contributed by atoms with van der Waals surface area (Å²) in [7, 11) is 2.67. The van der Waals surface area contributed by atoms with Gasteiger partial charge in [-0.05, 0) is 60.4 Å². The Kier molecular flexibility index (Phi) is 11.2. The number of rotatable bonds is 12. The van der Waals surface area contributed by atoms with Crippen LogP contribution in [0.3, 0.4) is 0 Å². The normalized spacial score (nSPS) is 18.2. The maximum Gasteiger partial charge on any atom is 0.407 e. The number of likely N-dealkylation sites (tertiary alicyclic amines) is 2. The summed E-state index contributed by atoms with van der Waals surface area (Å²) in [5, 5.41) is 2.71. The number of methoxy groups -OCH3 is 1. The van der Waals surface area contributed by atoms with Gasteiger partial charge in [0.05, 0.1) is 20.3 Å². The standard InChI is InChI=1S/C41H43N7O6/c1-52-41(51)45-36(30-13-7-4-8-14-30)40(50)48-22-10-16-34(48)38-44-33-24-31(25-42-37(33)46-38)28-19-17-27(18-20-28)23-32-15-9-21-47(32)39(49)35(43-26-54-53-2)29-11-5-3-6-12-29/h3-8,11-14,17-20,24-26,32,34-36H,9-10,15-16,21-23H2,1-2H3,(H,45,51)(H,42,44,46)/b43-26-/t32-,34-,35+,36+/m0/s1. The van der Waals surface area contributed by atoms with Crippen molar-refractivity contribution >= 4 is 35.5 Å². The number of alkyl carbamates (subject to hydrolysis) is 1. The Morgan fingerprint density at radius 3 is 2.31 bits per heavy atom. The number of nitrogens with zero attached hydrogens (tertiary/aromatic N) is 5. The molecule has 13 heteroatoms. The van der Waals surface area contributed by atoms with Gasteiger partial charge >= 0.3 is 6.09 Å². The van der Waals surface area contributed by atoms with E-state index in [2.05, 4.69) is 49.4 Å². The number of imidazole rings is 1. The molecule has 0 radical (unpaired) electrons. The van der Waals surface area contributed by atoms with E-state index < -0.39 is 18.2 Å². The van der Waals surface area contributed by atoms with Gasteiger partial charge in [-0.15, -0.1) is 0 Å². The molecule has 4 atom stereocenters. The minimum Gasteiger partial charge on any atom is -0.453 e. The number of hydrogen-bond donors (Lipinski definition) is 2. The number of carbonyl (C=O) groups excluding carboxylic acids is 3. The fourth-order valence-corrected chi connectivity index (χ4v) is 7.48. The summed E-state index contributed by atoms with van der Waals surface area (Å²) in [6.07, 6.45) is 6.41. The molecule has 278 valence electrons. The van der Waals surface area contributed by atoms with Gasteiger partial charge < -0.3 is 29.7 Å². The van der Waals surface area contributed by atoms with Gasteiger partial charge in [0.25, 0.3) is 11.8 Å². The van der Waals surface area contributed by atoms with Crippen LogP contribution in [0.5, 0.6) is 0 Å². The van der Waals surface area contributed by atoms with E-state index in [-0.39, 0.29) is 23.9 Å². The number of nitrogens with one attached hydrogen (secondary N) is 2. The van der Waals surface area contributed by atoms with Gasteiger partial charge in [-0.25, -0.2) is 19.8 Å². The lowest BCUT2D eigenvalue weighted by atomic mass is 9.99. The molecule has 54 heavy (non-hydrogen) atoms. The summed E-state index contributed by atoms with van der Waals surface area (Å²) in [6, 6.07) is 27.1. The van der Waals surface area contributed by atoms with Crippen LogP contribution in [-0.2, 0) is 30.5 Å². The van der Waals surface area contributed by atoms with E-state index in [1.54, 1.807) is 4.90 Å². The van der Waals surface area contributed by atoms with Crippen LogP contribution in [0.15, 0.2) is 102 Å². The topological polar surface area (TPSA) is 151 Å². The van der Waals surface area contributed by atoms with E-state index in [0.29, 0.717) is 35.6 Å². The first-order chi connectivity index (χ1) is 26.4. The number of ether oxygens (including phenoxy) is 1. The van der Waals surface area contributed by atoms with Crippen LogP contribution >= 0.6 is 0 Å². The predicted octanol–water partition coefficient (Wildman–Crippen LogP) is 6.27. The van der Waals surface area contributed by atoms with E-state index in [1.807, 2.05) is 77.8 Å². The van der Waals surface area contributed by atoms with Crippen LogP contribution in [0.1, 0.15) is 66.3 Å². The zero-order valence-corrected chi connectivity index (χ0v) is 30.3. The number of amides is 3. The van der Waals surface area contributed by atoms with Crippen molar-refractivity contribution in [2.75, 3.05) is 27.3 Å². The van der Waals surface area contributed by atoms with Crippen molar-refractivity contribution < 1.29 is 28.9 Å². The Morgan fingerprint density at radius 1 is 0.889 bits per heavy atom. The summed E-state index contributed by atoms with van der Waals surface area (Å²) in [4.78, 5) is 70.5. The van der Waals surface area contributed by atoms with Crippen LogP contribution in [0, 0.1) is 0 Å². The lowest BCUT2D eigenvalue weighted by Gasteiger charge is -2.28. The van der Waals surface area contributed by atoms with Crippen molar-refractivity contribution in [1.82, 2.24) is 30.1 Å². The number of pyridine rings is 1. The fraction of sp³-hybridized carbons (Fsp3) is 0.317. The van der Waals surface area contributed by atoms with Gasteiger partial charge in [-0.3, -0.25) is 9.59 Å². The summed E-state index contributed by atoms with van der Waals surface area (Å²) >= 11 is 0. The van der Waals surface area contributed by atoms with Gasteiger partial charge in [0.15, 0.2) is 11.7 Å². The highest BCUT2D eigenvalue weighted by Crippen LogP contribution is 2.35. The number of carbonyl (C=O) groups is 3. The largest absolute Gasteiger partial charge is 0.453 e. The summed E-state index contributed by atoms with van der Waals surface area (Å²) in [6.45, 7) is 1.21.